The fraction of sp³-hybridized carbons (Fsp3) is 0.625. The molecule has 0 radical (unpaired) electrons. The van der Waals surface area contributed by atoms with E-state index in [9.17, 15) is 4.79 Å². The van der Waals surface area contributed by atoms with Gasteiger partial charge < -0.3 is 15.2 Å². The molecule has 2 N–H and O–H groups in total. The van der Waals surface area contributed by atoms with Gasteiger partial charge in [0, 0.05) is 6.07 Å². The SMILES string of the molecule is Cc1nc(OCC[C@@H](C)C2CCNCC2)ccc1C(=O)O. The number of aromatic carboxylic acids is 1. The molecular formula is C16H24N2O3. The molecule has 0 bridgehead atoms. The number of hydrogen-bond acceptors (Lipinski definition) is 4. The van der Waals surface area contributed by atoms with Crippen LogP contribution in [-0.2, 0) is 0 Å². The Balaban J connectivity index is 1.80. The number of aromatic nitrogens is 1. The predicted octanol–water partition coefficient (Wildman–Crippen LogP) is 2.49. The van der Waals surface area contributed by atoms with Gasteiger partial charge >= 0.3 is 5.97 Å². The normalized spacial score (nSPS) is 17.4. The van der Waals surface area contributed by atoms with Gasteiger partial charge in [-0.1, -0.05) is 6.92 Å². The maximum absolute atomic E-state index is 10.9. The van der Waals surface area contributed by atoms with Gasteiger partial charge in [0.05, 0.1) is 17.9 Å². The minimum atomic E-state index is -0.953. The zero-order valence-electron chi connectivity index (χ0n) is 12.8. The molecule has 0 aromatic carbocycles. The van der Waals surface area contributed by atoms with Crippen molar-refractivity contribution in [2.24, 2.45) is 11.8 Å². The van der Waals surface area contributed by atoms with E-state index in [0.29, 0.717) is 24.1 Å². The zero-order chi connectivity index (χ0) is 15.2. The van der Waals surface area contributed by atoms with E-state index >= 15 is 0 Å². The Morgan fingerprint density at radius 3 is 2.81 bits per heavy atom. The summed E-state index contributed by atoms with van der Waals surface area (Å²) in [6.07, 6.45) is 3.49. The lowest BCUT2D eigenvalue weighted by atomic mass is 9.84. The Bertz CT molecular complexity index is 484. The number of carboxylic acid groups (broad SMARTS) is 1. The number of carboxylic acids is 1. The number of rotatable bonds is 6. The van der Waals surface area contributed by atoms with Gasteiger partial charge in [0.2, 0.25) is 5.88 Å². The molecule has 0 aliphatic carbocycles. The van der Waals surface area contributed by atoms with Gasteiger partial charge in [-0.05, 0) is 57.2 Å². The fourth-order valence-corrected chi connectivity index (χ4v) is 2.84. The van der Waals surface area contributed by atoms with E-state index in [-0.39, 0.29) is 5.56 Å². The molecule has 2 rings (SSSR count). The first kappa shape index (κ1) is 15.8. The average Bonchev–Trinajstić information content (AvgIpc) is 2.47. The number of pyridine rings is 1. The monoisotopic (exact) mass is 292 g/mol. The van der Waals surface area contributed by atoms with Gasteiger partial charge in [0.1, 0.15) is 0 Å². The van der Waals surface area contributed by atoms with Crippen LogP contribution in [0.3, 0.4) is 0 Å². The molecule has 116 valence electrons. The Labute approximate surface area is 125 Å². The van der Waals surface area contributed by atoms with Crippen molar-refractivity contribution in [3.05, 3.63) is 23.4 Å². The summed E-state index contributed by atoms with van der Waals surface area (Å²) in [4.78, 5) is 15.1. The molecule has 1 aromatic rings. The quantitative estimate of drug-likeness (QED) is 0.843. The molecule has 1 aliphatic rings. The highest BCUT2D eigenvalue weighted by atomic mass is 16.5. The summed E-state index contributed by atoms with van der Waals surface area (Å²) >= 11 is 0. The first-order valence-electron chi connectivity index (χ1n) is 7.62. The minimum Gasteiger partial charge on any atom is -0.478 e. The van der Waals surface area contributed by atoms with Crippen molar-refractivity contribution in [1.29, 1.82) is 0 Å². The summed E-state index contributed by atoms with van der Waals surface area (Å²) in [5.74, 6) is 0.978. The van der Waals surface area contributed by atoms with Crippen LogP contribution in [0.5, 0.6) is 5.88 Å². The lowest BCUT2D eigenvalue weighted by Gasteiger charge is -2.28. The second kappa shape index (κ2) is 7.41. The van der Waals surface area contributed by atoms with Crippen LogP contribution in [-0.4, -0.2) is 35.8 Å². The predicted molar refractivity (Wildman–Crippen MR) is 80.8 cm³/mol. The van der Waals surface area contributed by atoms with E-state index in [1.54, 1.807) is 19.1 Å². The molecule has 1 aromatic heterocycles. The first-order valence-corrected chi connectivity index (χ1v) is 7.62. The molecule has 1 atom stereocenters. The molecule has 2 heterocycles. The number of carbonyl (C=O) groups is 1. The summed E-state index contributed by atoms with van der Waals surface area (Å²) in [6.45, 7) is 6.84. The lowest BCUT2D eigenvalue weighted by Crippen LogP contribution is -2.31. The third-order valence-corrected chi connectivity index (χ3v) is 4.30. The molecule has 5 nitrogen and oxygen atoms in total. The van der Waals surface area contributed by atoms with E-state index in [0.717, 1.165) is 25.4 Å². The smallest absolute Gasteiger partial charge is 0.337 e. The Morgan fingerprint density at radius 1 is 1.48 bits per heavy atom. The van der Waals surface area contributed by atoms with Gasteiger partial charge in [0.15, 0.2) is 0 Å². The highest BCUT2D eigenvalue weighted by Crippen LogP contribution is 2.24. The van der Waals surface area contributed by atoms with E-state index < -0.39 is 5.97 Å². The maximum Gasteiger partial charge on any atom is 0.337 e. The van der Waals surface area contributed by atoms with Gasteiger partial charge in [-0.2, -0.15) is 0 Å². The summed E-state index contributed by atoms with van der Waals surface area (Å²) in [7, 11) is 0. The Kier molecular flexibility index (Phi) is 5.56. The lowest BCUT2D eigenvalue weighted by molar-refractivity contribution is 0.0695. The summed E-state index contributed by atoms with van der Waals surface area (Å²) in [5.41, 5.74) is 0.719. The fourth-order valence-electron chi connectivity index (χ4n) is 2.84. The molecule has 1 fully saturated rings. The van der Waals surface area contributed by atoms with Gasteiger partial charge in [-0.15, -0.1) is 0 Å². The molecule has 0 unspecified atom stereocenters. The molecule has 0 saturated carbocycles. The van der Waals surface area contributed by atoms with Crippen molar-refractivity contribution in [3.63, 3.8) is 0 Å². The summed E-state index contributed by atoms with van der Waals surface area (Å²) in [6, 6.07) is 3.18. The molecule has 0 spiro atoms. The second-order valence-electron chi connectivity index (χ2n) is 5.79. The van der Waals surface area contributed by atoms with Gasteiger partial charge in [0.25, 0.3) is 0 Å². The highest BCUT2D eigenvalue weighted by molar-refractivity contribution is 5.88. The highest BCUT2D eigenvalue weighted by Gasteiger charge is 2.19. The number of ether oxygens (including phenoxy) is 1. The minimum absolute atomic E-state index is 0.227. The van der Waals surface area contributed by atoms with E-state index in [1.807, 2.05) is 0 Å². The number of hydrogen-bond donors (Lipinski definition) is 2. The van der Waals surface area contributed by atoms with Gasteiger partial charge in [-0.3, -0.25) is 0 Å². The molecule has 1 saturated heterocycles. The van der Waals surface area contributed by atoms with Crippen LogP contribution < -0.4 is 10.1 Å². The van der Waals surface area contributed by atoms with Crippen LogP contribution in [0.4, 0.5) is 0 Å². The van der Waals surface area contributed by atoms with Crippen molar-refractivity contribution in [1.82, 2.24) is 10.3 Å². The third kappa shape index (κ3) is 4.43. The van der Waals surface area contributed by atoms with Crippen molar-refractivity contribution in [3.8, 4) is 5.88 Å². The number of aryl methyl sites for hydroxylation is 1. The topological polar surface area (TPSA) is 71.5 Å². The number of nitrogens with one attached hydrogen (secondary N) is 1. The maximum atomic E-state index is 10.9. The molecule has 1 aliphatic heterocycles. The second-order valence-corrected chi connectivity index (χ2v) is 5.79. The Hall–Kier alpha value is -1.62. The van der Waals surface area contributed by atoms with Crippen LogP contribution >= 0.6 is 0 Å². The number of nitrogens with zero attached hydrogens (tertiary/aromatic N) is 1. The van der Waals surface area contributed by atoms with Crippen molar-refractivity contribution < 1.29 is 14.6 Å². The van der Waals surface area contributed by atoms with Crippen molar-refractivity contribution in [2.45, 2.75) is 33.1 Å². The van der Waals surface area contributed by atoms with Crippen LogP contribution in [0.25, 0.3) is 0 Å². The number of piperidine rings is 1. The average molecular weight is 292 g/mol. The first-order chi connectivity index (χ1) is 10.1. The molecular weight excluding hydrogens is 268 g/mol. The van der Waals surface area contributed by atoms with Crippen LogP contribution in [0.2, 0.25) is 0 Å². The summed E-state index contributed by atoms with van der Waals surface area (Å²) in [5, 5.41) is 12.3. The third-order valence-electron chi connectivity index (χ3n) is 4.30. The molecule has 0 amide bonds. The van der Waals surface area contributed by atoms with Crippen molar-refractivity contribution in [2.75, 3.05) is 19.7 Å². The van der Waals surface area contributed by atoms with E-state index in [4.69, 9.17) is 9.84 Å². The van der Waals surface area contributed by atoms with Crippen LogP contribution in [0.1, 0.15) is 42.2 Å². The van der Waals surface area contributed by atoms with Gasteiger partial charge in [-0.25, -0.2) is 9.78 Å². The van der Waals surface area contributed by atoms with E-state index in [1.165, 1.54) is 12.8 Å². The van der Waals surface area contributed by atoms with Crippen LogP contribution in [0.15, 0.2) is 12.1 Å². The van der Waals surface area contributed by atoms with Crippen LogP contribution in [0, 0.1) is 18.8 Å². The standard InChI is InChI=1S/C16H24N2O3/c1-11(13-5-8-17-9-6-13)7-10-21-15-4-3-14(16(19)20)12(2)18-15/h3-4,11,13,17H,5-10H2,1-2H3,(H,19,20)/t11-/m1/s1. The van der Waals surface area contributed by atoms with Crippen molar-refractivity contribution >= 4 is 5.97 Å². The molecule has 21 heavy (non-hydrogen) atoms. The molecule has 5 heteroatoms. The Morgan fingerprint density at radius 2 is 2.19 bits per heavy atom. The largest absolute Gasteiger partial charge is 0.478 e. The zero-order valence-corrected chi connectivity index (χ0v) is 12.8. The van der Waals surface area contributed by atoms with E-state index in [2.05, 4.69) is 17.2 Å². The summed E-state index contributed by atoms with van der Waals surface area (Å²) < 4.78 is 5.66.